The number of hydrogen-bond acceptors (Lipinski definition) is 1. The van der Waals surface area contributed by atoms with Gasteiger partial charge in [0.25, 0.3) is 0 Å². The van der Waals surface area contributed by atoms with Crippen molar-refractivity contribution in [3.63, 3.8) is 0 Å². The number of epoxide rings is 1. The Labute approximate surface area is 63.8 Å². The molecule has 3 atom stereocenters. The molecule has 1 aliphatic heterocycles. The molecule has 0 aromatic carbocycles. The Bertz CT molecular complexity index is 96.9. The van der Waals surface area contributed by atoms with E-state index in [1.54, 1.807) is 0 Å². The first-order valence-corrected chi connectivity index (χ1v) is 4.39. The summed E-state index contributed by atoms with van der Waals surface area (Å²) in [6.07, 6.45) is 5.08. The molecule has 0 saturated carbocycles. The molecule has 10 heavy (non-hydrogen) atoms. The third kappa shape index (κ3) is 2.30. The Hall–Kier alpha value is -0.0400. The van der Waals surface area contributed by atoms with Gasteiger partial charge in [-0.15, -0.1) is 0 Å². The van der Waals surface area contributed by atoms with Gasteiger partial charge in [-0.05, 0) is 25.7 Å². The third-order valence-electron chi connectivity index (χ3n) is 2.48. The van der Waals surface area contributed by atoms with Crippen LogP contribution in [0.2, 0.25) is 0 Å². The van der Waals surface area contributed by atoms with Crippen LogP contribution in [0.5, 0.6) is 0 Å². The molecule has 0 N–H and O–H groups in total. The van der Waals surface area contributed by atoms with E-state index in [0.29, 0.717) is 12.2 Å². The molecule has 0 radical (unpaired) electrons. The van der Waals surface area contributed by atoms with E-state index < -0.39 is 0 Å². The van der Waals surface area contributed by atoms with E-state index in [1.807, 2.05) is 0 Å². The molecule has 1 fully saturated rings. The normalized spacial score (nSPS) is 33.9. The van der Waals surface area contributed by atoms with Crippen LogP contribution in [0.25, 0.3) is 0 Å². The molecule has 3 unspecified atom stereocenters. The number of hydrogen-bond donors (Lipinski definition) is 0. The molecule has 0 bridgehead atoms. The highest BCUT2D eigenvalue weighted by Gasteiger charge is 2.33. The van der Waals surface area contributed by atoms with Crippen LogP contribution in [0.4, 0.5) is 0 Å². The number of rotatable bonds is 4. The predicted octanol–water partition coefficient (Wildman–Crippen LogP) is 2.60. The molecule has 1 nitrogen and oxygen atoms in total. The molecular formula is C9H18O. The van der Waals surface area contributed by atoms with Crippen molar-refractivity contribution in [3.05, 3.63) is 0 Å². The third-order valence-corrected chi connectivity index (χ3v) is 2.48. The molecule has 1 saturated heterocycles. The van der Waals surface area contributed by atoms with Crippen LogP contribution in [0.15, 0.2) is 0 Å². The largest absolute Gasteiger partial charge is 0.370 e. The first-order chi connectivity index (χ1) is 4.74. The fourth-order valence-electron chi connectivity index (χ4n) is 1.19. The van der Waals surface area contributed by atoms with Gasteiger partial charge in [-0.2, -0.15) is 0 Å². The van der Waals surface area contributed by atoms with Crippen molar-refractivity contribution in [2.24, 2.45) is 5.92 Å². The van der Waals surface area contributed by atoms with E-state index in [9.17, 15) is 0 Å². The Morgan fingerprint density at radius 3 is 2.50 bits per heavy atom. The summed E-state index contributed by atoms with van der Waals surface area (Å²) in [6.45, 7) is 6.72. The minimum absolute atomic E-state index is 0.559. The van der Waals surface area contributed by atoms with Gasteiger partial charge in [0, 0.05) is 0 Å². The maximum atomic E-state index is 5.31. The van der Waals surface area contributed by atoms with Gasteiger partial charge < -0.3 is 4.74 Å². The van der Waals surface area contributed by atoms with Crippen LogP contribution in [-0.4, -0.2) is 12.2 Å². The van der Waals surface area contributed by atoms with Crippen LogP contribution >= 0.6 is 0 Å². The second kappa shape index (κ2) is 3.38. The van der Waals surface area contributed by atoms with Crippen molar-refractivity contribution in [2.75, 3.05) is 0 Å². The molecule has 1 rings (SSSR count). The smallest absolute Gasteiger partial charge is 0.0839 e. The fourth-order valence-corrected chi connectivity index (χ4v) is 1.19. The van der Waals surface area contributed by atoms with Crippen LogP contribution < -0.4 is 0 Å². The minimum Gasteiger partial charge on any atom is -0.370 e. The summed E-state index contributed by atoms with van der Waals surface area (Å²) in [7, 11) is 0. The van der Waals surface area contributed by atoms with Crippen molar-refractivity contribution in [1.29, 1.82) is 0 Å². The highest BCUT2D eigenvalue weighted by atomic mass is 16.6. The standard InChI is InChI=1S/C9H18O/c1-4-7(2)5-6-9-8(3)10-9/h7-9H,4-6H2,1-3H3. The van der Waals surface area contributed by atoms with Crippen molar-refractivity contribution < 1.29 is 4.74 Å². The second-order valence-corrected chi connectivity index (χ2v) is 3.47. The maximum absolute atomic E-state index is 5.31. The molecule has 0 aromatic rings. The minimum atomic E-state index is 0.559. The summed E-state index contributed by atoms with van der Waals surface area (Å²) in [5.41, 5.74) is 0. The monoisotopic (exact) mass is 142 g/mol. The Balaban J connectivity index is 1.95. The van der Waals surface area contributed by atoms with E-state index in [-0.39, 0.29) is 0 Å². The Morgan fingerprint density at radius 1 is 1.50 bits per heavy atom. The number of ether oxygens (including phenoxy) is 1. The molecule has 1 heteroatoms. The van der Waals surface area contributed by atoms with Gasteiger partial charge >= 0.3 is 0 Å². The lowest BCUT2D eigenvalue weighted by Crippen LogP contribution is -1.96. The van der Waals surface area contributed by atoms with Gasteiger partial charge in [0.2, 0.25) is 0 Å². The first-order valence-electron chi connectivity index (χ1n) is 4.39. The van der Waals surface area contributed by atoms with Gasteiger partial charge in [0.1, 0.15) is 0 Å². The quantitative estimate of drug-likeness (QED) is 0.550. The van der Waals surface area contributed by atoms with Gasteiger partial charge in [-0.1, -0.05) is 20.3 Å². The zero-order valence-electron chi connectivity index (χ0n) is 7.26. The molecule has 0 aromatic heterocycles. The van der Waals surface area contributed by atoms with Crippen LogP contribution in [0.3, 0.4) is 0 Å². The molecule has 1 heterocycles. The lowest BCUT2D eigenvalue weighted by atomic mass is 10.0. The summed E-state index contributed by atoms with van der Waals surface area (Å²) in [6, 6.07) is 0. The first kappa shape index (κ1) is 8.06. The lowest BCUT2D eigenvalue weighted by Gasteiger charge is -2.04. The van der Waals surface area contributed by atoms with Crippen molar-refractivity contribution in [1.82, 2.24) is 0 Å². The fraction of sp³-hybridized carbons (Fsp3) is 1.00. The summed E-state index contributed by atoms with van der Waals surface area (Å²) in [5.74, 6) is 0.886. The van der Waals surface area contributed by atoms with Crippen LogP contribution in [0, 0.1) is 5.92 Å². The van der Waals surface area contributed by atoms with Crippen molar-refractivity contribution >= 4 is 0 Å². The predicted molar refractivity (Wildman–Crippen MR) is 43.0 cm³/mol. The van der Waals surface area contributed by atoms with E-state index in [0.717, 1.165) is 5.92 Å². The average molecular weight is 142 g/mol. The summed E-state index contributed by atoms with van der Waals surface area (Å²) in [4.78, 5) is 0. The maximum Gasteiger partial charge on any atom is 0.0839 e. The molecule has 0 spiro atoms. The van der Waals surface area contributed by atoms with E-state index in [4.69, 9.17) is 4.74 Å². The summed E-state index contributed by atoms with van der Waals surface area (Å²) < 4.78 is 5.31. The average Bonchev–Trinajstić information content (AvgIpc) is 2.61. The SMILES string of the molecule is CCC(C)CCC1OC1C. The molecule has 60 valence electrons. The van der Waals surface area contributed by atoms with Crippen molar-refractivity contribution in [2.45, 2.75) is 52.2 Å². The van der Waals surface area contributed by atoms with E-state index in [1.165, 1.54) is 19.3 Å². The van der Waals surface area contributed by atoms with Gasteiger partial charge in [0.15, 0.2) is 0 Å². The zero-order chi connectivity index (χ0) is 7.56. The van der Waals surface area contributed by atoms with Crippen LogP contribution in [0.1, 0.15) is 40.0 Å². The van der Waals surface area contributed by atoms with Gasteiger partial charge in [-0.25, -0.2) is 0 Å². The lowest BCUT2D eigenvalue weighted by molar-refractivity contribution is 0.353. The Morgan fingerprint density at radius 2 is 2.10 bits per heavy atom. The second-order valence-electron chi connectivity index (χ2n) is 3.47. The highest BCUT2D eigenvalue weighted by Crippen LogP contribution is 2.27. The van der Waals surface area contributed by atoms with E-state index in [2.05, 4.69) is 20.8 Å². The Kier molecular flexibility index (Phi) is 2.72. The molecule has 1 aliphatic rings. The molecule has 0 amide bonds. The topological polar surface area (TPSA) is 12.5 Å². The van der Waals surface area contributed by atoms with Crippen molar-refractivity contribution in [3.8, 4) is 0 Å². The highest BCUT2D eigenvalue weighted by molar-refractivity contribution is 4.80. The van der Waals surface area contributed by atoms with Crippen LogP contribution in [-0.2, 0) is 4.74 Å². The molecular weight excluding hydrogens is 124 g/mol. The summed E-state index contributed by atoms with van der Waals surface area (Å²) >= 11 is 0. The molecule has 0 aliphatic carbocycles. The zero-order valence-corrected chi connectivity index (χ0v) is 7.26. The van der Waals surface area contributed by atoms with E-state index >= 15 is 0 Å². The van der Waals surface area contributed by atoms with Gasteiger partial charge in [-0.3, -0.25) is 0 Å². The van der Waals surface area contributed by atoms with Gasteiger partial charge in [0.05, 0.1) is 12.2 Å². The summed E-state index contributed by atoms with van der Waals surface area (Å²) in [5, 5.41) is 0.